The molecule has 7 heteroatoms. The van der Waals surface area contributed by atoms with E-state index in [1.54, 1.807) is 20.4 Å². The minimum Gasteiger partial charge on any atom is -0.493 e. The lowest BCUT2D eigenvalue weighted by molar-refractivity contribution is 0.0673. The number of hydrogen-bond acceptors (Lipinski definition) is 5. The Bertz CT molecular complexity index is 881. The molecule has 1 spiro atoms. The van der Waals surface area contributed by atoms with Gasteiger partial charge in [-0.3, -0.25) is 14.8 Å². The van der Waals surface area contributed by atoms with Crippen LogP contribution in [0.2, 0.25) is 0 Å². The third kappa shape index (κ3) is 3.83. The highest BCUT2D eigenvalue weighted by Crippen LogP contribution is 2.41. The number of hydrogen-bond donors (Lipinski definition) is 1. The second-order valence-corrected chi connectivity index (χ2v) is 8.35. The Morgan fingerprint density at radius 3 is 2.79 bits per heavy atom. The molecule has 1 atom stereocenters. The van der Waals surface area contributed by atoms with Gasteiger partial charge in [0.1, 0.15) is 0 Å². The number of amides is 1. The Morgan fingerprint density at radius 2 is 2.07 bits per heavy atom. The lowest BCUT2D eigenvalue weighted by atomic mass is 9.79. The van der Waals surface area contributed by atoms with Crippen molar-refractivity contribution < 1.29 is 14.3 Å². The van der Waals surface area contributed by atoms with Crippen LogP contribution in [-0.2, 0) is 6.54 Å². The second kappa shape index (κ2) is 8.06. The van der Waals surface area contributed by atoms with Crippen molar-refractivity contribution in [1.29, 1.82) is 0 Å². The molecule has 2 fully saturated rings. The number of piperidine rings is 1. The monoisotopic (exact) mass is 398 g/mol. The minimum atomic E-state index is 0.0970. The third-order valence-electron chi connectivity index (χ3n) is 6.40. The largest absolute Gasteiger partial charge is 0.493 e. The molecule has 7 nitrogen and oxygen atoms in total. The number of para-hydroxylation sites is 1. The second-order valence-electron chi connectivity index (χ2n) is 8.35. The summed E-state index contributed by atoms with van der Waals surface area (Å²) in [5, 5.41) is 6.88. The SMILES string of the molecule is COc1cccc(CN2CCCC3(CCN(C(=O)c4cn[nH]c4C)C3)C2)c1OC. The molecule has 156 valence electrons. The van der Waals surface area contributed by atoms with Gasteiger partial charge in [0.05, 0.1) is 26.0 Å². The minimum absolute atomic E-state index is 0.0970. The number of benzene rings is 1. The number of aromatic amines is 1. The number of nitrogens with one attached hydrogen (secondary N) is 1. The summed E-state index contributed by atoms with van der Waals surface area (Å²) >= 11 is 0. The number of aromatic nitrogens is 2. The molecule has 2 saturated heterocycles. The third-order valence-corrected chi connectivity index (χ3v) is 6.40. The Balaban J connectivity index is 1.45. The molecule has 3 heterocycles. The van der Waals surface area contributed by atoms with E-state index in [-0.39, 0.29) is 11.3 Å². The first-order valence-corrected chi connectivity index (χ1v) is 10.3. The lowest BCUT2D eigenvalue weighted by Crippen LogP contribution is -2.45. The molecule has 0 aliphatic carbocycles. The highest BCUT2D eigenvalue weighted by Gasteiger charge is 2.43. The standard InChI is InChI=1S/C22H30N4O3/c1-16-18(12-23-24-16)21(27)26-11-9-22(15-26)8-5-10-25(14-22)13-17-6-4-7-19(28-2)20(17)29-3/h4,6-7,12H,5,8-11,13-15H2,1-3H3,(H,23,24). The van der Waals surface area contributed by atoms with Gasteiger partial charge in [-0.15, -0.1) is 0 Å². The van der Waals surface area contributed by atoms with Crippen molar-refractivity contribution in [2.24, 2.45) is 5.41 Å². The van der Waals surface area contributed by atoms with Gasteiger partial charge < -0.3 is 14.4 Å². The molecule has 2 aliphatic rings. The molecule has 4 rings (SSSR count). The van der Waals surface area contributed by atoms with Gasteiger partial charge in [-0.25, -0.2) is 0 Å². The topological polar surface area (TPSA) is 70.7 Å². The number of likely N-dealkylation sites (tertiary alicyclic amines) is 2. The number of rotatable bonds is 5. The van der Waals surface area contributed by atoms with Crippen molar-refractivity contribution in [3.8, 4) is 11.5 Å². The summed E-state index contributed by atoms with van der Waals surface area (Å²) in [5.41, 5.74) is 2.85. The van der Waals surface area contributed by atoms with Crippen molar-refractivity contribution in [3.05, 3.63) is 41.2 Å². The van der Waals surface area contributed by atoms with Crippen LogP contribution < -0.4 is 9.47 Å². The predicted octanol–water partition coefficient (Wildman–Crippen LogP) is 2.86. The molecule has 1 N–H and O–H groups in total. The maximum absolute atomic E-state index is 12.9. The average molecular weight is 399 g/mol. The number of aryl methyl sites for hydroxylation is 1. The molecule has 0 radical (unpaired) electrons. The van der Waals surface area contributed by atoms with Crippen LogP contribution in [0, 0.1) is 12.3 Å². The average Bonchev–Trinajstić information content (AvgIpc) is 3.34. The number of carbonyl (C=O) groups excluding carboxylic acids is 1. The smallest absolute Gasteiger partial charge is 0.257 e. The first-order chi connectivity index (χ1) is 14.0. The van der Waals surface area contributed by atoms with Crippen LogP contribution in [0.4, 0.5) is 0 Å². The number of H-pyrrole nitrogens is 1. The van der Waals surface area contributed by atoms with Crippen molar-refractivity contribution in [1.82, 2.24) is 20.0 Å². The van der Waals surface area contributed by atoms with Crippen LogP contribution in [0.25, 0.3) is 0 Å². The Labute approximate surface area is 172 Å². The Kier molecular flexibility index (Phi) is 5.50. The van der Waals surface area contributed by atoms with Crippen molar-refractivity contribution in [2.45, 2.75) is 32.7 Å². The van der Waals surface area contributed by atoms with Gasteiger partial charge in [-0.2, -0.15) is 5.10 Å². The fraction of sp³-hybridized carbons (Fsp3) is 0.545. The van der Waals surface area contributed by atoms with Gasteiger partial charge in [0.25, 0.3) is 5.91 Å². The molecule has 0 bridgehead atoms. The van der Waals surface area contributed by atoms with Gasteiger partial charge in [0, 0.05) is 42.9 Å². The summed E-state index contributed by atoms with van der Waals surface area (Å²) in [6.07, 6.45) is 5.03. The van der Waals surface area contributed by atoms with E-state index in [1.807, 2.05) is 24.0 Å². The summed E-state index contributed by atoms with van der Waals surface area (Å²) in [5.74, 6) is 1.68. The first-order valence-electron chi connectivity index (χ1n) is 10.3. The van der Waals surface area contributed by atoms with Crippen LogP contribution in [0.1, 0.15) is 40.9 Å². The van der Waals surface area contributed by atoms with Crippen LogP contribution in [0.3, 0.4) is 0 Å². The number of methoxy groups -OCH3 is 2. The van der Waals surface area contributed by atoms with E-state index in [0.29, 0.717) is 5.56 Å². The van der Waals surface area contributed by atoms with E-state index in [2.05, 4.69) is 21.2 Å². The van der Waals surface area contributed by atoms with E-state index in [9.17, 15) is 4.79 Å². The predicted molar refractivity (Wildman–Crippen MR) is 110 cm³/mol. The van der Waals surface area contributed by atoms with Gasteiger partial charge in [0.2, 0.25) is 0 Å². The summed E-state index contributed by atoms with van der Waals surface area (Å²) < 4.78 is 11.1. The Hall–Kier alpha value is -2.54. The van der Waals surface area contributed by atoms with Crippen LogP contribution in [0.15, 0.2) is 24.4 Å². The van der Waals surface area contributed by atoms with Gasteiger partial charge >= 0.3 is 0 Å². The normalized spacial score (nSPS) is 22.2. The van der Waals surface area contributed by atoms with Crippen LogP contribution in [0.5, 0.6) is 11.5 Å². The molecule has 0 saturated carbocycles. The van der Waals surface area contributed by atoms with E-state index in [4.69, 9.17) is 9.47 Å². The molecule has 2 aliphatic heterocycles. The quantitative estimate of drug-likeness (QED) is 0.839. The van der Waals surface area contributed by atoms with E-state index in [0.717, 1.165) is 68.3 Å². The number of carbonyl (C=O) groups is 1. The fourth-order valence-corrected chi connectivity index (χ4v) is 4.94. The fourth-order valence-electron chi connectivity index (χ4n) is 4.94. The van der Waals surface area contributed by atoms with Gasteiger partial charge in [0.15, 0.2) is 11.5 Å². The molecule has 2 aromatic rings. The summed E-state index contributed by atoms with van der Waals surface area (Å²) in [6.45, 7) is 6.44. The van der Waals surface area contributed by atoms with Crippen molar-refractivity contribution in [3.63, 3.8) is 0 Å². The highest BCUT2D eigenvalue weighted by molar-refractivity contribution is 5.95. The van der Waals surface area contributed by atoms with Crippen LogP contribution >= 0.6 is 0 Å². The summed E-state index contributed by atoms with van der Waals surface area (Å²) in [7, 11) is 3.36. The lowest BCUT2D eigenvalue weighted by Gasteiger charge is -2.40. The first kappa shape index (κ1) is 19.8. The van der Waals surface area contributed by atoms with E-state index < -0.39 is 0 Å². The molecule has 1 aromatic heterocycles. The zero-order valence-corrected chi connectivity index (χ0v) is 17.5. The number of nitrogens with zero attached hydrogens (tertiary/aromatic N) is 3. The maximum Gasteiger partial charge on any atom is 0.257 e. The zero-order chi connectivity index (χ0) is 20.4. The van der Waals surface area contributed by atoms with Gasteiger partial charge in [-0.1, -0.05) is 12.1 Å². The number of ether oxygens (including phenoxy) is 2. The Morgan fingerprint density at radius 1 is 1.21 bits per heavy atom. The zero-order valence-electron chi connectivity index (χ0n) is 17.5. The van der Waals surface area contributed by atoms with Crippen molar-refractivity contribution >= 4 is 5.91 Å². The molecular formula is C22H30N4O3. The molecule has 29 heavy (non-hydrogen) atoms. The van der Waals surface area contributed by atoms with Crippen molar-refractivity contribution in [2.75, 3.05) is 40.4 Å². The van der Waals surface area contributed by atoms with Gasteiger partial charge in [-0.05, 0) is 38.8 Å². The van der Waals surface area contributed by atoms with E-state index in [1.165, 1.54) is 6.42 Å². The molecular weight excluding hydrogens is 368 g/mol. The van der Waals surface area contributed by atoms with E-state index >= 15 is 0 Å². The molecule has 1 amide bonds. The van der Waals surface area contributed by atoms with Crippen LogP contribution in [-0.4, -0.2) is 66.3 Å². The molecule has 1 unspecified atom stereocenters. The molecule has 1 aromatic carbocycles. The summed E-state index contributed by atoms with van der Waals surface area (Å²) in [6, 6.07) is 6.05. The highest BCUT2D eigenvalue weighted by atomic mass is 16.5. The maximum atomic E-state index is 12.9. The summed E-state index contributed by atoms with van der Waals surface area (Å²) in [4.78, 5) is 17.4.